The predicted octanol–water partition coefficient (Wildman–Crippen LogP) is 3.41. The Balaban J connectivity index is 1.92. The summed E-state index contributed by atoms with van der Waals surface area (Å²) in [7, 11) is 0. The SMILES string of the molecule is O=C(COC(=O)c1ccc(F)c(Cl)c1)Nc1ccccc1F. The van der Waals surface area contributed by atoms with Crippen LogP contribution in [0.25, 0.3) is 0 Å². The van der Waals surface area contributed by atoms with Gasteiger partial charge in [0.2, 0.25) is 0 Å². The highest BCUT2D eigenvalue weighted by Crippen LogP contribution is 2.17. The summed E-state index contributed by atoms with van der Waals surface area (Å²) in [5, 5.41) is 2.03. The number of anilines is 1. The molecule has 1 N–H and O–H groups in total. The van der Waals surface area contributed by atoms with Gasteiger partial charge in [0.25, 0.3) is 5.91 Å². The summed E-state index contributed by atoms with van der Waals surface area (Å²) in [6.45, 7) is -0.609. The maximum atomic E-state index is 13.3. The van der Waals surface area contributed by atoms with Crippen LogP contribution in [0.1, 0.15) is 10.4 Å². The van der Waals surface area contributed by atoms with E-state index in [-0.39, 0.29) is 16.3 Å². The largest absolute Gasteiger partial charge is 0.452 e. The van der Waals surface area contributed by atoms with E-state index in [2.05, 4.69) is 5.32 Å². The summed E-state index contributed by atoms with van der Waals surface area (Å²) in [6.07, 6.45) is 0. The molecule has 114 valence electrons. The molecule has 0 aromatic heterocycles. The maximum absolute atomic E-state index is 13.3. The van der Waals surface area contributed by atoms with Gasteiger partial charge in [-0.1, -0.05) is 23.7 Å². The van der Waals surface area contributed by atoms with Gasteiger partial charge in [0, 0.05) is 0 Å². The van der Waals surface area contributed by atoms with E-state index in [0.29, 0.717) is 0 Å². The molecule has 0 fully saturated rings. The zero-order valence-electron chi connectivity index (χ0n) is 11.1. The highest BCUT2D eigenvalue weighted by Gasteiger charge is 2.13. The van der Waals surface area contributed by atoms with E-state index < -0.39 is 30.1 Å². The van der Waals surface area contributed by atoms with E-state index in [0.717, 1.165) is 12.1 Å². The minimum Gasteiger partial charge on any atom is -0.452 e. The summed E-state index contributed by atoms with van der Waals surface area (Å²) in [5.41, 5.74) is -0.0153. The lowest BCUT2D eigenvalue weighted by Crippen LogP contribution is -2.21. The first-order chi connectivity index (χ1) is 10.5. The van der Waals surface area contributed by atoms with Gasteiger partial charge in [-0.25, -0.2) is 13.6 Å². The molecule has 22 heavy (non-hydrogen) atoms. The van der Waals surface area contributed by atoms with Crippen molar-refractivity contribution in [3.8, 4) is 0 Å². The van der Waals surface area contributed by atoms with Crippen LogP contribution < -0.4 is 5.32 Å². The van der Waals surface area contributed by atoms with Crippen molar-refractivity contribution in [3.05, 3.63) is 64.7 Å². The van der Waals surface area contributed by atoms with E-state index in [1.54, 1.807) is 6.07 Å². The fraction of sp³-hybridized carbons (Fsp3) is 0.0667. The minimum absolute atomic E-state index is 0.00471. The molecule has 0 aliphatic heterocycles. The standard InChI is InChI=1S/C15H10ClF2NO3/c16-10-7-9(5-6-11(10)17)15(21)22-8-14(20)19-13-4-2-1-3-12(13)18/h1-7H,8H2,(H,19,20). The molecule has 0 bridgehead atoms. The van der Waals surface area contributed by atoms with Crippen molar-refractivity contribution >= 4 is 29.2 Å². The Labute approximate surface area is 129 Å². The molecule has 2 aromatic carbocycles. The lowest BCUT2D eigenvalue weighted by Gasteiger charge is -2.07. The average molecular weight is 326 g/mol. The first kappa shape index (κ1) is 15.9. The van der Waals surface area contributed by atoms with Crippen molar-refractivity contribution in [1.29, 1.82) is 0 Å². The van der Waals surface area contributed by atoms with Gasteiger partial charge in [-0.2, -0.15) is 0 Å². The number of carbonyl (C=O) groups excluding carboxylic acids is 2. The van der Waals surface area contributed by atoms with Crippen LogP contribution in [-0.4, -0.2) is 18.5 Å². The summed E-state index contributed by atoms with van der Waals surface area (Å²) in [5.74, 6) is -2.82. The Hall–Kier alpha value is -2.47. The fourth-order valence-corrected chi connectivity index (χ4v) is 1.77. The van der Waals surface area contributed by atoms with Crippen molar-refractivity contribution in [3.63, 3.8) is 0 Å². The highest BCUT2D eigenvalue weighted by atomic mass is 35.5. The van der Waals surface area contributed by atoms with Gasteiger partial charge in [-0.15, -0.1) is 0 Å². The molecule has 7 heteroatoms. The van der Waals surface area contributed by atoms with Crippen LogP contribution >= 0.6 is 11.6 Å². The van der Waals surface area contributed by atoms with Crippen LogP contribution in [0.4, 0.5) is 14.5 Å². The van der Waals surface area contributed by atoms with Crippen LogP contribution in [0.3, 0.4) is 0 Å². The molecule has 0 spiro atoms. The average Bonchev–Trinajstić information content (AvgIpc) is 2.50. The van der Waals surface area contributed by atoms with E-state index >= 15 is 0 Å². The second kappa shape index (κ2) is 7.00. The van der Waals surface area contributed by atoms with Gasteiger partial charge in [0.15, 0.2) is 6.61 Å². The first-order valence-corrected chi connectivity index (χ1v) is 6.51. The van der Waals surface area contributed by atoms with Crippen molar-refractivity contribution in [2.45, 2.75) is 0 Å². The molecule has 0 saturated heterocycles. The Bertz CT molecular complexity index is 722. The van der Waals surface area contributed by atoms with E-state index in [1.807, 2.05) is 0 Å². The molecule has 0 atom stereocenters. The Kier molecular flexibility index (Phi) is 5.06. The smallest absolute Gasteiger partial charge is 0.338 e. The van der Waals surface area contributed by atoms with Crippen molar-refractivity contribution < 1.29 is 23.1 Å². The van der Waals surface area contributed by atoms with Gasteiger partial charge >= 0.3 is 5.97 Å². The quantitative estimate of drug-likeness (QED) is 0.876. The molecule has 0 unspecified atom stereocenters. The third kappa shape index (κ3) is 4.02. The number of para-hydroxylation sites is 1. The molecular weight excluding hydrogens is 316 g/mol. The number of benzene rings is 2. The Morgan fingerprint density at radius 1 is 1.09 bits per heavy atom. The topological polar surface area (TPSA) is 55.4 Å². The lowest BCUT2D eigenvalue weighted by atomic mass is 10.2. The zero-order chi connectivity index (χ0) is 16.1. The third-order valence-corrected chi connectivity index (χ3v) is 2.93. The van der Waals surface area contributed by atoms with Gasteiger partial charge in [0.05, 0.1) is 16.3 Å². The lowest BCUT2D eigenvalue weighted by molar-refractivity contribution is -0.119. The normalized spacial score (nSPS) is 10.1. The van der Waals surface area contributed by atoms with Crippen LogP contribution in [0.15, 0.2) is 42.5 Å². The van der Waals surface area contributed by atoms with Crippen molar-refractivity contribution in [1.82, 2.24) is 0 Å². The molecule has 4 nitrogen and oxygen atoms in total. The number of nitrogens with one attached hydrogen (secondary N) is 1. The second-order valence-electron chi connectivity index (χ2n) is 4.23. The first-order valence-electron chi connectivity index (χ1n) is 6.14. The van der Waals surface area contributed by atoms with Crippen LogP contribution in [0, 0.1) is 11.6 Å². The predicted molar refractivity (Wildman–Crippen MR) is 76.7 cm³/mol. The van der Waals surface area contributed by atoms with Gasteiger partial charge in [-0.05, 0) is 30.3 Å². The van der Waals surface area contributed by atoms with Crippen LogP contribution in [0.2, 0.25) is 5.02 Å². The summed E-state index contributed by atoms with van der Waals surface area (Å²) < 4.78 is 31.0. The highest BCUT2D eigenvalue weighted by molar-refractivity contribution is 6.31. The molecule has 2 aromatic rings. The van der Waals surface area contributed by atoms with Gasteiger partial charge in [0.1, 0.15) is 11.6 Å². The van der Waals surface area contributed by atoms with Crippen molar-refractivity contribution in [2.75, 3.05) is 11.9 Å². The monoisotopic (exact) mass is 325 g/mol. The number of ether oxygens (including phenoxy) is 1. The van der Waals surface area contributed by atoms with Crippen LogP contribution in [-0.2, 0) is 9.53 Å². The van der Waals surface area contributed by atoms with E-state index in [1.165, 1.54) is 24.3 Å². The summed E-state index contributed by atoms with van der Waals surface area (Å²) in [4.78, 5) is 23.3. The molecule has 1 amide bonds. The third-order valence-electron chi connectivity index (χ3n) is 2.64. The van der Waals surface area contributed by atoms with E-state index in [9.17, 15) is 18.4 Å². The van der Waals surface area contributed by atoms with Crippen LogP contribution in [0.5, 0.6) is 0 Å². The van der Waals surface area contributed by atoms with Crippen molar-refractivity contribution in [2.24, 2.45) is 0 Å². The Morgan fingerprint density at radius 3 is 2.50 bits per heavy atom. The number of esters is 1. The molecule has 0 saturated carbocycles. The Morgan fingerprint density at radius 2 is 1.82 bits per heavy atom. The molecule has 0 radical (unpaired) electrons. The van der Waals surface area contributed by atoms with Gasteiger partial charge < -0.3 is 10.1 Å². The maximum Gasteiger partial charge on any atom is 0.338 e. The second-order valence-corrected chi connectivity index (χ2v) is 4.64. The number of amides is 1. The van der Waals surface area contributed by atoms with E-state index in [4.69, 9.17) is 16.3 Å². The van der Waals surface area contributed by atoms with Gasteiger partial charge in [-0.3, -0.25) is 4.79 Å². The number of carbonyl (C=O) groups is 2. The number of halogens is 3. The number of rotatable bonds is 4. The molecule has 0 aliphatic rings. The number of hydrogen-bond acceptors (Lipinski definition) is 3. The minimum atomic E-state index is -0.842. The summed E-state index contributed by atoms with van der Waals surface area (Å²) >= 11 is 5.54. The zero-order valence-corrected chi connectivity index (χ0v) is 11.9. The molecule has 2 rings (SSSR count). The number of hydrogen-bond donors (Lipinski definition) is 1. The molecule has 0 aliphatic carbocycles. The molecule has 0 heterocycles. The molecular formula is C15H10ClF2NO3. The fourth-order valence-electron chi connectivity index (χ4n) is 1.59. The summed E-state index contributed by atoms with van der Waals surface area (Å²) in [6, 6.07) is 8.86.